The summed E-state index contributed by atoms with van der Waals surface area (Å²) in [7, 11) is 0. The smallest absolute Gasteiger partial charge is 0.338 e. The molecule has 0 fully saturated rings. The average molecular weight is 362 g/mol. The fraction of sp³-hybridized carbons (Fsp3) is 0.389. The summed E-state index contributed by atoms with van der Waals surface area (Å²) in [5.41, 5.74) is 1.18. The standard InChI is InChI=1S/C18H20F2N4O2/c1-4-6-14-15(17(25)26-5-2)16(11-7-12(19)9-13(20)8-11)24-18(22-14)21-10(3)23-24/h7-9,16H,4-6H2,1-3H3,(H,21,22,23)/t16-/m0/s1. The monoisotopic (exact) mass is 362 g/mol. The van der Waals surface area contributed by atoms with Gasteiger partial charge in [-0.2, -0.15) is 10.1 Å². The first-order chi connectivity index (χ1) is 12.4. The first-order valence-electron chi connectivity index (χ1n) is 8.50. The number of anilines is 1. The van der Waals surface area contributed by atoms with Crippen molar-refractivity contribution in [2.75, 3.05) is 11.9 Å². The molecule has 3 rings (SSSR count). The van der Waals surface area contributed by atoms with Crippen LogP contribution in [0.3, 0.4) is 0 Å². The highest BCUT2D eigenvalue weighted by molar-refractivity contribution is 5.92. The van der Waals surface area contributed by atoms with Crippen molar-refractivity contribution in [2.24, 2.45) is 0 Å². The molecule has 1 aromatic heterocycles. The van der Waals surface area contributed by atoms with E-state index < -0.39 is 23.6 Å². The summed E-state index contributed by atoms with van der Waals surface area (Å²) in [5, 5.41) is 7.43. The molecule has 138 valence electrons. The molecule has 0 amide bonds. The lowest BCUT2D eigenvalue weighted by Crippen LogP contribution is -2.30. The zero-order valence-corrected chi connectivity index (χ0v) is 14.8. The lowest BCUT2D eigenvalue weighted by atomic mass is 9.94. The molecule has 26 heavy (non-hydrogen) atoms. The second-order valence-corrected chi connectivity index (χ2v) is 6.02. The molecule has 0 bridgehead atoms. The third-order valence-electron chi connectivity index (χ3n) is 4.04. The Morgan fingerprint density at radius 2 is 1.96 bits per heavy atom. The number of esters is 1. The van der Waals surface area contributed by atoms with Crippen LogP contribution in [0.2, 0.25) is 0 Å². The Labute approximate surface area is 149 Å². The minimum Gasteiger partial charge on any atom is -0.463 e. The summed E-state index contributed by atoms with van der Waals surface area (Å²) >= 11 is 0. The molecule has 1 aromatic carbocycles. The van der Waals surface area contributed by atoms with Crippen LogP contribution in [0.25, 0.3) is 0 Å². The van der Waals surface area contributed by atoms with Gasteiger partial charge in [-0.05, 0) is 38.0 Å². The number of halogens is 2. The van der Waals surface area contributed by atoms with E-state index in [-0.39, 0.29) is 17.7 Å². The van der Waals surface area contributed by atoms with Crippen LogP contribution in [-0.2, 0) is 9.53 Å². The Kier molecular flexibility index (Phi) is 5.01. The van der Waals surface area contributed by atoms with Crippen LogP contribution in [0, 0.1) is 18.6 Å². The second kappa shape index (κ2) is 7.23. The van der Waals surface area contributed by atoms with Gasteiger partial charge < -0.3 is 10.1 Å². The van der Waals surface area contributed by atoms with Crippen molar-refractivity contribution in [3.8, 4) is 0 Å². The fourth-order valence-corrected chi connectivity index (χ4v) is 3.12. The minimum absolute atomic E-state index is 0.190. The van der Waals surface area contributed by atoms with Crippen LogP contribution >= 0.6 is 0 Å². The summed E-state index contributed by atoms with van der Waals surface area (Å²) in [6, 6.07) is 2.36. The number of ether oxygens (including phenoxy) is 1. The minimum atomic E-state index is -0.821. The Bertz CT molecular complexity index is 856. The third-order valence-corrected chi connectivity index (χ3v) is 4.04. The summed E-state index contributed by atoms with van der Waals surface area (Å²) in [6.07, 6.45) is 1.33. The van der Waals surface area contributed by atoms with E-state index in [2.05, 4.69) is 15.4 Å². The molecule has 1 atom stereocenters. The SMILES string of the molecule is CCCC1=C(C(=O)OCC)[C@H](c2cc(F)cc(F)c2)n2nc(C)nc2N1. The molecule has 0 spiro atoms. The van der Waals surface area contributed by atoms with E-state index in [4.69, 9.17) is 4.74 Å². The summed E-state index contributed by atoms with van der Waals surface area (Å²) in [4.78, 5) is 17.0. The molecule has 0 unspecified atom stereocenters. The third kappa shape index (κ3) is 3.31. The van der Waals surface area contributed by atoms with E-state index >= 15 is 0 Å². The normalized spacial score (nSPS) is 16.3. The van der Waals surface area contributed by atoms with Gasteiger partial charge in [0.05, 0.1) is 12.2 Å². The highest BCUT2D eigenvalue weighted by Gasteiger charge is 2.36. The van der Waals surface area contributed by atoms with Crippen LogP contribution < -0.4 is 5.32 Å². The number of aryl methyl sites for hydroxylation is 1. The Morgan fingerprint density at radius 3 is 2.58 bits per heavy atom. The van der Waals surface area contributed by atoms with Gasteiger partial charge in [-0.15, -0.1) is 0 Å². The number of nitrogens with zero attached hydrogens (tertiary/aromatic N) is 3. The predicted molar refractivity (Wildman–Crippen MR) is 91.4 cm³/mol. The molecule has 2 heterocycles. The number of hydrogen-bond acceptors (Lipinski definition) is 5. The first-order valence-corrected chi connectivity index (χ1v) is 8.50. The topological polar surface area (TPSA) is 69.0 Å². The zero-order chi connectivity index (χ0) is 18.8. The van der Waals surface area contributed by atoms with Crippen molar-refractivity contribution >= 4 is 11.9 Å². The van der Waals surface area contributed by atoms with Crippen molar-refractivity contribution < 1.29 is 18.3 Å². The number of hydrogen-bond donors (Lipinski definition) is 1. The van der Waals surface area contributed by atoms with Gasteiger partial charge in [-0.1, -0.05) is 13.3 Å². The van der Waals surface area contributed by atoms with E-state index in [1.807, 2.05) is 6.92 Å². The second-order valence-electron chi connectivity index (χ2n) is 6.02. The van der Waals surface area contributed by atoms with Crippen LogP contribution in [-0.4, -0.2) is 27.3 Å². The number of carbonyl (C=O) groups excluding carboxylic acids is 1. The van der Waals surface area contributed by atoms with Gasteiger partial charge in [0, 0.05) is 11.8 Å². The lowest BCUT2D eigenvalue weighted by Gasteiger charge is -2.29. The highest BCUT2D eigenvalue weighted by atomic mass is 19.1. The van der Waals surface area contributed by atoms with E-state index in [1.165, 1.54) is 16.8 Å². The van der Waals surface area contributed by atoms with E-state index in [9.17, 15) is 13.6 Å². The van der Waals surface area contributed by atoms with E-state index in [0.29, 0.717) is 23.9 Å². The zero-order valence-electron chi connectivity index (χ0n) is 14.8. The average Bonchev–Trinajstić information content (AvgIpc) is 2.92. The molecular formula is C18H20F2N4O2. The van der Waals surface area contributed by atoms with Crippen molar-refractivity contribution in [2.45, 2.75) is 39.7 Å². The number of allylic oxidation sites excluding steroid dienone is 1. The summed E-state index contributed by atoms with van der Waals surface area (Å²) in [6.45, 7) is 5.57. The molecule has 0 radical (unpaired) electrons. The molecule has 0 saturated heterocycles. The largest absolute Gasteiger partial charge is 0.463 e. The van der Waals surface area contributed by atoms with Crippen molar-refractivity contribution in [3.63, 3.8) is 0 Å². The van der Waals surface area contributed by atoms with Crippen LogP contribution in [0.1, 0.15) is 44.1 Å². The molecule has 8 heteroatoms. The van der Waals surface area contributed by atoms with Gasteiger partial charge in [-0.3, -0.25) is 0 Å². The number of carbonyl (C=O) groups is 1. The van der Waals surface area contributed by atoms with Gasteiger partial charge in [-0.25, -0.2) is 18.3 Å². The van der Waals surface area contributed by atoms with Gasteiger partial charge >= 0.3 is 5.97 Å². The lowest BCUT2D eigenvalue weighted by molar-refractivity contribution is -0.139. The number of nitrogens with one attached hydrogen (secondary N) is 1. The molecule has 1 aliphatic rings. The quantitative estimate of drug-likeness (QED) is 0.825. The molecule has 6 nitrogen and oxygen atoms in total. The van der Waals surface area contributed by atoms with Crippen LogP contribution in [0.4, 0.5) is 14.7 Å². The number of aromatic nitrogens is 3. The summed E-state index contributed by atoms with van der Waals surface area (Å²) in [5.74, 6) is -1.09. The van der Waals surface area contributed by atoms with Crippen LogP contribution in [0.5, 0.6) is 0 Å². The predicted octanol–water partition coefficient (Wildman–Crippen LogP) is 3.50. The first kappa shape index (κ1) is 18.0. The molecule has 0 aliphatic carbocycles. The van der Waals surface area contributed by atoms with E-state index in [1.54, 1.807) is 13.8 Å². The Balaban J connectivity index is 2.23. The maximum Gasteiger partial charge on any atom is 0.338 e. The van der Waals surface area contributed by atoms with Gasteiger partial charge in [0.15, 0.2) is 0 Å². The number of rotatable bonds is 5. The molecule has 0 saturated carbocycles. The molecule has 2 aromatic rings. The number of fused-ring (bicyclic) bond motifs is 1. The maximum absolute atomic E-state index is 13.9. The van der Waals surface area contributed by atoms with Gasteiger partial charge in [0.25, 0.3) is 0 Å². The van der Waals surface area contributed by atoms with Gasteiger partial charge in [0.2, 0.25) is 5.95 Å². The van der Waals surface area contributed by atoms with Crippen LogP contribution in [0.15, 0.2) is 29.5 Å². The van der Waals surface area contributed by atoms with Crippen molar-refractivity contribution in [1.82, 2.24) is 14.8 Å². The maximum atomic E-state index is 13.9. The molecule has 1 aliphatic heterocycles. The Morgan fingerprint density at radius 1 is 1.27 bits per heavy atom. The van der Waals surface area contributed by atoms with Crippen molar-refractivity contribution in [1.29, 1.82) is 0 Å². The fourth-order valence-electron chi connectivity index (χ4n) is 3.12. The number of benzene rings is 1. The van der Waals surface area contributed by atoms with Gasteiger partial charge in [0.1, 0.15) is 23.5 Å². The van der Waals surface area contributed by atoms with E-state index in [0.717, 1.165) is 12.5 Å². The molecule has 1 N–H and O–H groups in total. The molecular weight excluding hydrogens is 342 g/mol. The Hall–Kier alpha value is -2.77. The van der Waals surface area contributed by atoms with Crippen molar-refractivity contribution in [3.05, 3.63) is 52.5 Å². The summed E-state index contributed by atoms with van der Waals surface area (Å²) < 4.78 is 34.4. The highest BCUT2D eigenvalue weighted by Crippen LogP contribution is 2.37.